The molecular weight excluding hydrogens is 390 g/mol. The van der Waals surface area contributed by atoms with E-state index in [1.807, 2.05) is 24.3 Å². The van der Waals surface area contributed by atoms with Crippen molar-refractivity contribution in [2.24, 2.45) is 0 Å². The fourth-order valence-electron chi connectivity index (χ4n) is 3.08. The maximum absolute atomic E-state index is 13.3. The molecule has 1 atom stereocenters. The summed E-state index contributed by atoms with van der Waals surface area (Å²) in [7, 11) is 3.08. The Labute approximate surface area is 173 Å². The number of hydrogen-bond acceptors (Lipinski definition) is 7. The van der Waals surface area contributed by atoms with E-state index < -0.39 is 6.04 Å². The Morgan fingerprint density at radius 1 is 1.17 bits per heavy atom. The number of nitrogens with one attached hydrogen (secondary N) is 1. The molecule has 2 heterocycles. The van der Waals surface area contributed by atoms with Crippen LogP contribution in [-0.4, -0.2) is 72.2 Å². The van der Waals surface area contributed by atoms with Gasteiger partial charge < -0.3 is 24.1 Å². The number of methoxy groups -OCH3 is 2. The molecule has 0 saturated heterocycles. The van der Waals surface area contributed by atoms with E-state index in [1.54, 1.807) is 19.2 Å². The second kappa shape index (κ2) is 10.5. The van der Waals surface area contributed by atoms with Gasteiger partial charge in [0.25, 0.3) is 5.91 Å². The van der Waals surface area contributed by atoms with E-state index in [1.165, 1.54) is 23.0 Å². The summed E-state index contributed by atoms with van der Waals surface area (Å²) in [5, 5.41) is 10.9. The topological polar surface area (TPSA) is 112 Å². The fourth-order valence-corrected chi connectivity index (χ4v) is 3.08. The Morgan fingerprint density at radius 3 is 2.70 bits per heavy atom. The maximum Gasteiger partial charge on any atom is 0.250 e. The lowest BCUT2D eigenvalue weighted by Gasteiger charge is -2.29. The minimum absolute atomic E-state index is 0.0766. The molecule has 3 aromatic rings. The average molecular weight is 415 g/mol. The van der Waals surface area contributed by atoms with E-state index in [0.29, 0.717) is 24.4 Å². The molecule has 2 aromatic heterocycles. The first-order valence-corrected chi connectivity index (χ1v) is 9.52. The molecule has 10 heteroatoms. The zero-order valence-corrected chi connectivity index (χ0v) is 17.0. The molecule has 0 aliphatic heterocycles. The van der Waals surface area contributed by atoms with Gasteiger partial charge in [-0.1, -0.05) is 17.3 Å². The van der Waals surface area contributed by atoms with Crippen molar-refractivity contribution in [3.8, 4) is 0 Å². The smallest absolute Gasteiger partial charge is 0.250 e. The maximum atomic E-state index is 13.3. The largest absolute Gasteiger partial charge is 0.467 e. The van der Waals surface area contributed by atoms with E-state index in [-0.39, 0.29) is 31.5 Å². The molecule has 2 amide bonds. The molecule has 1 unspecified atom stereocenters. The summed E-state index contributed by atoms with van der Waals surface area (Å²) in [6.45, 7) is 1.05. The fraction of sp³-hybridized carbons (Fsp3) is 0.400. The van der Waals surface area contributed by atoms with Crippen molar-refractivity contribution in [1.82, 2.24) is 25.2 Å². The normalized spacial score (nSPS) is 12.1. The Morgan fingerprint density at radius 2 is 1.97 bits per heavy atom. The second-order valence-electron chi connectivity index (χ2n) is 6.52. The first-order chi connectivity index (χ1) is 14.7. The van der Waals surface area contributed by atoms with E-state index in [4.69, 9.17) is 13.9 Å². The Bertz CT molecular complexity index is 956. The molecule has 0 fully saturated rings. The van der Waals surface area contributed by atoms with Gasteiger partial charge >= 0.3 is 0 Å². The molecule has 30 heavy (non-hydrogen) atoms. The molecule has 0 aliphatic rings. The van der Waals surface area contributed by atoms with Crippen molar-refractivity contribution in [1.29, 1.82) is 0 Å². The number of carbonyl (C=O) groups excluding carboxylic acids is 2. The summed E-state index contributed by atoms with van der Waals surface area (Å²) in [6, 6.07) is 9.75. The van der Waals surface area contributed by atoms with Crippen LogP contribution in [0.3, 0.4) is 0 Å². The average Bonchev–Trinajstić information content (AvgIpc) is 3.41. The molecule has 1 N–H and O–H groups in total. The monoisotopic (exact) mass is 415 g/mol. The van der Waals surface area contributed by atoms with Crippen LogP contribution in [0, 0.1) is 0 Å². The van der Waals surface area contributed by atoms with Gasteiger partial charge in [0.1, 0.15) is 17.8 Å². The van der Waals surface area contributed by atoms with Crippen LogP contribution in [0.4, 0.5) is 0 Å². The van der Waals surface area contributed by atoms with Gasteiger partial charge in [-0.2, -0.15) is 0 Å². The number of hydrogen-bond donors (Lipinski definition) is 1. The minimum Gasteiger partial charge on any atom is -0.467 e. The van der Waals surface area contributed by atoms with E-state index >= 15 is 0 Å². The van der Waals surface area contributed by atoms with Crippen molar-refractivity contribution in [3.63, 3.8) is 0 Å². The van der Waals surface area contributed by atoms with Gasteiger partial charge in [-0.25, -0.2) is 4.68 Å². The van der Waals surface area contributed by atoms with Gasteiger partial charge in [-0.05, 0) is 24.3 Å². The third-order valence-electron chi connectivity index (χ3n) is 4.54. The SMILES string of the molecule is COCCNC(=O)C(c1ccco1)N(CCOC)C(=O)Cn1nnc2ccccc21. The van der Waals surface area contributed by atoms with Crippen molar-refractivity contribution in [2.45, 2.75) is 12.6 Å². The van der Waals surface area contributed by atoms with Gasteiger partial charge in [0, 0.05) is 27.3 Å². The summed E-state index contributed by atoms with van der Waals surface area (Å²) in [6.07, 6.45) is 1.47. The van der Waals surface area contributed by atoms with Gasteiger partial charge in [0.2, 0.25) is 5.91 Å². The molecule has 10 nitrogen and oxygen atoms in total. The third-order valence-corrected chi connectivity index (χ3v) is 4.54. The Hall–Kier alpha value is -3.24. The predicted octanol–water partition coefficient (Wildman–Crippen LogP) is 1.00. The Balaban J connectivity index is 1.86. The number of carbonyl (C=O) groups is 2. The highest BCUT2D eigenvalue weighted by Gasteiger charge is 2.33. The molecule has 160 valence electrons. The molecule has 3 rings (SSSR count). The van der Waals surface area contributed by atoms with Crippen molar-refractivity contribution < 1.29 is 23.5 Å². The molecule has 1 aromatic carbocycles. The van der Waals surface area contributed by atoms with Crippen molar-refractivity contribution in [2.75, 3.05) is 40.5 Å². The van der Waals surface area contributed by atoms with E-state index in [0.717, 1.165) is 5.52 Å². The lowest BCUT2D eigenvalue weighted by Crippen LogP contribution is -2.46. The highest BCUT2D eigenvalue weighted by molar-refractivity contribution is 5.88. The molecule has 0 saturated carbocycles. The first-order valence-electron chi connectivity index (χ1n) is 9.52. The summed E-state index contributed by atoms with van der Waals surface area (Å²) >= 11 is 0. The summed E-state index contributed by atoms with van der Waals surface area (Å²) in [4.78, 5) is 27.6. The number of amides is 2. The standard InChI is InChI=1S/C20H25N5O5/c1-28-12-9-21-20(27)19(17-8-5-11-30-17)24(10-13-29-2)18(26)14-25-16-7-4-3-6-15(16)22-23-25/h3-8,11,19H,9-10,12-14H2,1-2H3,(H,21,27). The van der Waals surface area contributed by atoms with Crippen molar-refractivity contribution in [3.05, 3.63) is 48.4 Å². The number of fused-ring (bicyclic) bond motifs is 1. The number of ether oxygens (including phenoxy) is 2. The van der Waals surface area contributed by atoms with Gasteiger partial charge in [0.15, 0.2) is 6.04 Å². The molecule has 0 spiro atoms. The minimum atomic E-state index is -0.950. The lowest BCUT2D eigenvalue weighted by molar-refractivity contribution is -0.143. The van der Waals surface area contributed by atoms with Crippen LogP contribution in [0.2, 0.25) is 0 Å². The number of furan rings is 1. The molecule has 0 radical (unpaired) electrons. The third kappa shape index (κ3) is 5.02. The quantitative estimate of drug-likeness (QED) is 0.465. The van der Waals surface area contributed by atoms with Crippen LogP contribution in [0.5, 0.6) is 0 Å². The van der Waals surface area contributed by atoms with Gasteiger partial charge in [0.05, 0.1) is 25.0 Å². The highest BCUT2D eigenvalue weighted by atomic mass is 16.5. The van der Waals surface area contributed by atoms with Crippen LogP contribution < -0.4 is 5.32 Å². The van der Waals surface area contributed by atoms with Crippen molar-refractivity contribution >= 4 is 22.8 Å². The van der Waals surface area contributed by atoms with Crippen LogP contribution in [-0.2, 0) is 25.6 Å². The molecule has 0 aliphatic carbocycles. The summed E-state index contributed by atoms with van der Waals surface area (Å²) in [5.41, 5.74) is 1.42. The Kier molecular flexibility index (Phi) is 7.52. The van der Waals surface area contributed by atoms with E-state index in [2.05, 4.69) is 15.6 Å². The van der Waals surface area contributed by atoms with Gasteiger partial charge in [-0.3, -0.25) is 9.59 Å². The van der Waals surface area contributed by atoms with Crippen LogP contribution >= 0.6 is 0 Å². The van der Waals surface area contributed by atoms with Crippen LogP contribution in [0.15, 0.2) is 47.1 Å². The number of rotatable bonds is 11. The number of nitrogens with zero attached hydrogens (tertiary/aromatic N) is 4. The number of benzene rings is 1. The zero-order chi connectivity index (χ0) is 21.3. The zero-order valence-electron chi connectivity index (χ0n) is 17.0. The molecular formula is C20H25N5O5. The second-order valence-corrected chi connectivity index (χ2v) is 6.52. The lowest BCUT2D eigenvalue weighted by atomic mass is 10.1. The molecule has 0 bridgehead atoms. The van der Waals surface area contributed by atoms with Gasteiger partial charge in [-0.15, -0.1) is 5.10 Å². The predicted molar refractivity (Wildman–Crippen MR) is 107 cm³/mol. The van der Waals surface area contributed by atoms with E-state index in [9.17, 15) is 9.59 Å². The highest BCUT2D eigenvalue weighted by Crippen LogP contribution is 2.23. The van der Waals surface area contributed by atoms with Crippen LogP contribution in [0.25, 0.3) is 11.0 Å². The number of aromatic nitrogens is 3. The summed E-state index contributed by atoms with van der Waals surface area (Å²) < 4.78 is 17.1. The van der Waals surface area contributed by atoms with Crippen LogP contribution in [0.1, 0.15) is 11.8 Å². The first kappa shape index (κ1) is 21.5. The summed E-state index contributed by atoms with van der Waals surface area (Å²) in [5.74, 6) is -0.321. The number of para-hydroxylation sites is 1.